The van der Waals surface area contributed by atoms with Gasteiger partial charge in [-0.3, -0.25) is 4.90 Å². The minimum absolute atomic E-state index is 0.268. The summed E-state index contributed by atoms with van der Waals surface area (Å²) in [6.07, 6.45) is -0.268. The largest absolute Gasteiger partial charge is 0.493 e. The topological polar surface area (TPSA) is 74.5 Å². The Labute approximate surface area is 139 Å². The molecule has 1 aromatic heterocycles. The van der Waals surface area contributed by atoms with Crippen molar-refractivity contribution in [3.8, 4) is 11.5 Å². The third-order valence-electron chi connectivity index (χ3n) is 3.91. The van der Waals surface area contributed by atoms with E-state index in [-0.39, 0.29) is 11.9 Å². The van der Waals surface area contributed by atoms with Crippen molar-refractivity contribution in [2.75, 3.05) is 33.9 Å². The molecule has 1 fully saturated rings. The van der Waals surface area contributed by atoms with Gasteiger partial charge in [-0.25, -0.2) is 4.39 Å². The molecule has 1 aliphatic rings. The number of rotatable bonds is 5. The number of tetrazole rings is 1. The van der Waals surface area contributed by atoms with Crippen molar-refractivity contribution in [1.82, 2.24) is 25.1 Å². The minimum atomic E-state index is -0.326. The second kappa shape index (κ2) is 7.10. The van der Waals surface area contributed by atoms with Crippen LogP contribution < -0.4 is 9.47 Å². The van der Waals surface area contributed by atoms with Crippen molar-refractivity contribution in [2.45, 2.75) is 12.6 Å². The van der Waals surface area contributed by atoms with Gasteiger partial charge in [-0.05, 0) is 11.3 Å². The predicted octanol–water partition coefficient (Wildman–Crippen LogP) is 0.940. The third-order valence-corrected chi connectivity index (χ3v) is 3.91. The smallest absolute Gasteiger partial charge is 0.204 e. The monoisotopic (exact) mass is 337 g/mol. The number of methoxy groups -OCH3 is 2. The van der Waals surface area contributed by atoms with E-state index in [1.54, 1.807) is 13.1 Å². The summed E-state index contributed by atoms with van der Waals surface area (Å²) in [5.74, 6) is 1.10. The molecule has 130 valence electrons. The Morgan fingerprint density at radius 2 is 2.04 bits per heavy atom. The Morgan fingerprint density at radius 1 is 1.29 bits per heavy atom. The molecule has 1 aliphatic heterocycles. The van der Waals surface area contributed by atoms with Gasteiger partial charge in [0.1, 0.15) is 11.9 Å². The molecular weight excluding hydrogens is 317 g/mol. The zero-order valence-corrected chi connectivity index (χ0v) is 13.9. The normalized spacial score (nSPS) is 18.6. The molecule has 9 heteroatoms. The summed E-state index contributed by atoms with van der Waals surface area (Å²) in [6, 6.07) is 3.01. The first-order chi connectivity index (χ1) is 11.6. The van der Waals surface area contributed by atoms with Crippen molar-refractivity contribution < 1.29 is 18.6 Å². The van der Waals surface area contributed by atoms with Gasteiger partial charge >= 0.3 is 0 Å². The van der Waals surface area contributed by atoms with Crippen LogP contribution in [0.3, 0.4) is 0 Å². The van der Waals surface area contributed by atoms with Crippen molar-refractivity contribution in [1.29, 1.82) is 0 Å². The molecule has 2 aromatic rings. The Morgan fingerprint density at radius 3 is 2.71 bits per heavy atom. The van der Waals surface area contributed by atoms with Gasteiger partial charge in [-0.15, -0.1) is 10.2 Å². The molecule has 0 saturated carbocycles. The molecule has 0 N–H and O–H groups in total. The molecule has 1 saturated heterocycles. The summed E-state index contributed by atoms with van der Waals surface area (Å²) in [7, 11) is 4.72. The maximum absolute atomic E-state index is 14.3. The Bertz CT molecular complexity index is 708. The summed E-state index contributed by atoms with van der Waals surface area (Å²) in [5.41, 5.74) is 0.542. The number of aryl methyl sites for hydroxylation is 1. The number of ether oxygens (including phenoxy) is 3. The SMILES string of the molecule is COc1cc(F)c(CN2CCOC(c3nnn(C)n3)C2)cc1OC. The van der Waals surface area contributed by atoms with Crippen LogP contribution in [0.5, 0.6) is 11.5 Å². The standard InChI is InChI=1S/C15H20FN5O3/c1-20-18-15(17-19-20)14-9-21(4-5-24-14)8-10-6-12(22-2)13(23-3)7-11(10)16/h6-7,14H,4-5,8-9H2,1-3H3. The fraction of sp³-hybridized carbons (Fsp3) is 0.533. The van der Waals surface area contributed by atoms with Gasteiger partial charge in [0, 0.05) is 31.3 Å². The lowest BCUT2D eigenvalue weighted by Crippen LogP contribution is -2.38. The van der Waals surface area contributed by atoms with Crippen LogP contribution in [0.15, 0.2) is 12.1 Å². The Kier molecular flexibility index (Phi) is 4.91. The molecule has 1 unspecified atom stereocenters. The van der Waals surface area contributed by atoms with Crippen LogP contribution in [-0.2, 0) is 18.3 Å². The predicted molar refractivity (Wildman–Crippen MR) is 82.3 cm³/mol. The number of aromatic nitrogens is 4. The van der Waals surface area contributed by atoms with Crippen LogP contribution in [0.2, 0.25) is 0 Å². The van der Waals surface area contributed by atoms with Crippen LogP contribution in [0.1, 0.15) is 17.5 Å². The second-order valence-corrected chi connectivity index (χ2v) is 5.53. The molecule has 1 atom stereocenters. The van der Waals surface area contributed by atoms with Gasteiger partial charge in [0.25, 0.3) is 0 Å². The van der Waals surface area contributed by atoms with Gasteiger partial charge in [0.05, 0.1) is 27.9 Å². The molecule has 2 heterocycles. The number of hydrogen-bond donors (Lipinski definition) is 0. The molecular formula is C15H20FN5O3. The van der Waals surface area contributed by atoms with Crippen molar-refractivity contribution in [2.24, 2.45) is 7.05 Å². The molecule has 3 rings (SSSR count). The summed E-state index contributed by atoms with van der Waals surface area (Å²) in [5, 5.41) is 12.0. The maximum Gasteiger partial charge on any atom is 0.204 e. The van der Waals surface area contributed by atoms with Crippen LogP contribution in [0.25, 0.3) is 0 Å². The third kappa shape index (κ3) is 3.46. The summed E-state index contributed by atoms with van der Waals surface area (Å²) in [4.78, 5) is 3.49. The molecule has 0 amide bonds. The fourth-order valence-electron chi connectivity index (χ4n) is 2.69. The molecule has 0 bridgehead atoms. The summed E-state index contributed by atoms with van der Waals surface area (Å²) >= 11 is 0. The highest BCUT2D eigenvalue weighted by atomic mass is 19.1. The van der Waals surface area contributed by atoms with Gasteiger partial charge in [-0.1, -0.05) is 0 Å². The van der Waals surface area contributed by atoms with E-state index in [9.17, 15) is 4.39 Å². The van der Waals surface area contributed by atoms with E-state index in [1.165, 1.54) is 25.1 Å². The molecule has 0 radical (unpaired) electrons. The van der Waals surface area contributed by atoms with E-state index in [0.717, 1.165) is 0 Å². The van der Waals surface area contributed by atoms with E-state index in [0.29, 0.717) is 49.1 Å². The van der Waals surface area contributed by atoms with E-state index in [2.05, 4.69) is 20.3 Å². The molecule has 24 heavy (non-hydrogen) atoms. The van der Waals surface area contributed by atoms with Gasteiger partial charge in [0.2, 0.25) is 5.82 Å². The van der Waals surface area contributed by atoms with Crippen LogP contribution in [0, 0.1) is 5.82 Å². The highest BCUT2D eigenvalue weighted by Gasteiger charge is 2.26. The lowest BCUT2D eigenvalue weighted by Gasteiger charge is -2.31. The lowest BCUT2D eigenvalue weighted by molar-refractivity contribution is -0.0376. The average molecular weight is 337 g/mol. The average Bonchev–Trinajstić information content (AvgIpc) is 3.03. The maximum atomic E-state index is 14.3. The second-order valence-electron chi connectivity index (χ2n) is 5.53. The first kappa shape index (κ1) is 16.6. The van der Waals surface area contributed by atoms with E-state index >= 15 is 0 Å². The van der Waals surface area contributed by atoms with Crippen molar-refractivity contribution >= 4 is 0 Å². The zero-order chi connectivity index (χ0) is 17.1. The molecule has 0 aliphatic carbocycles. The summed E-state index contributed by atoms with van der Waals surface area (Å²) in [6.45, 7) is 2.23. The van der Waals surface area contributed by atoms with Crippen molar-refractivity contribution in [3.63, 3.8) is 0 Å². The quantitative estimate of drug-likeness (QED) is 0.804. The van der Waals surface area contributed by atoms with Crippen LogP contribution >= 0.6 is 0 Å². The zero-order valence-electron chi connectivity index (χ0n) is 13.9. The number of nitrogens with zero attached hydrogens (tertiary/aromatic N) is 5. The minimum Gasteiger partial charge on any atom is -0.493 e. The van der Waals surface area contributed by atoms with Gasteiger partial charge in [-0.2, -0.15) is 4.80 Å². The lowest BCUT2D eigenvalue weighted by atomic mass is 10.1. The van der Waals surface area contributed by atoms with E-state index in [4.69, 9.17) is 14.2 Å². The number of morpholine rings is 1. The first-order valence-electron chi connectivity index (χ1n) is 7.59. The summed E-state index contributed by atoms with van der Waals surface area (Å²) < 4.78 is 30.4. The fourth-order valence-corrected chi connectivity index (χ4v) is 2.69. The van der Waals surface area contributed by atoms with Crippen molar-refractivity contribution in [3.05, 3.63) is 29.3 Å². The molecule has 1 aromatic carbocycles. The number of halogens is 1. The highest BCUT2D eigenvalue weighted by molar-refractivity contribution is 5.43. The van der Waals surface area contributed by atoms with Gasteiger partial charge in [0.15, 0.2) is 11.5 Å². The van der Waals surface area contributed by atoms with E-state index < -0.39 is 0 Å². The molecule has 0 spiro atoms. The first-order valence-corrected chi connectivity index (χ1v) is 7.59. The molecule has 8 nitrogen and oxygen atoms in total. The van der Waals surface area contributed by atoms with Gasteiger partial charge < -0.3 is 14.2 Å². The van der Waals surface area contributed by atoms with Crippen LogP contribution in [-0.4, -0.2) is 59.0 Å². The number of benzene rings is 1. The number of hydrogen-bond acceptors (Lipinski definition) is 7. The highest BCUT2D eigenvalue weighted by Crippen LogP contribution is 2.31. The van der Waals surface area contributed by atoms with Crippen LogP contribution in [0.4, 0.5) is 4.39 Å². The Balaban J connectivity index is 1.73. The Hall–Kier alpha value is -2.26. The van der Waals surface area contributed by atoms with E-state index in [1.807, 2.05) is 0 Å².